The molecule has 0 saturated carbocycles. The standard InChI is InChI=1S/C18H26N2O2S/c1-3-22-16-8-6-15(7-9-16)18-20(17(21)14(2)23-18)13-12-19-10-4-5-11-19/h6-9,14,18H,3-5,10-13H2,1-2H3/p+1/t14-,18+/m1/s1. The van der Waals surface area contributed by atoms with Crippen LogP contribution in [0.1, 0.15) is 37.6 Å². The number of hydrogen-bond donors (Lipinski definition) is 1. The summed E-state index contributed by atoms with van der Waals surface area (Å²) in [6, 6.07) is 8.22. The lowest BCUT2D eigenvalue weighted by Crippen LogP contribution is -3.10. The number of nitrogens with zero attached hydrogens (tertiary/aromatic N) is 1. The van der Waals surface area contributed by atoms with Crippen LogP contribution in [0.25, 0.3) is 0 Å². The van der Waals surface area contributed by atoms with Gasteiger partial charge in [-0.1, -0.05) is 12.1 Å². The van der Waals surface area contributed by atoms with Crippen LogP contribution in [0.3, 0.4) is 0 Å². The van der Waals surface area contributed by atoms with Crippen LogP contribution >= 0.6 is 11.8 Å². The minimum atomic E-state index is 0.0557. The fraction of sp³-hybridized carbons (Fsp3) is 0.611. The van der Waals surface area contributed by atoms with Crippen molar-refractivity contribution in [2.24, 2.45) is 0 Å². The molecule has 2 saturated heterocycles. The molecule has 5 heteroatoms. The highest BCUT2D eigenvalue weighted by Gasteiger charge is 2.38. The van der Waals surface area contributed by atoms with Crippen molar-refractivity contribution >= 4 is 17.7 Å². The molecule has 0 aliphatic carbocycles. The molecule has 2 aliphatic rings. The van der Waals surface area contributed by atoms with Crippen LogP contribution in [-0.4, -0.2) is 48.8 Å². The Hall–Kier alpha value is -1.20. The highest BCUT2D eigenvalue weighted by Crippen LogP contribution is 2.42. The van der Waals surface area contributed by atoms with Crippen LogP contribution in [0.2, 0.25) is 0 Å². The number of likely N-dealkylation sites (tertiary alicyclic amines) is 1. The van der Waals surface area contributed by atoms with E-state index in [0.717, 1.165) is 18.8 Å². The molecular weight excluding hydrogens is 308 g/mol. The summed E-state index contributed by atoms with van der Waals surface area (Å²) in [5, 5.41) is 0.204. The molecule has 1 N–H and O–H groups in total. The Labute approximate surface area is 143 Å². The van der Waals surface area contributed by atoms with Gasteiger partial charge >= 0.3 is 0 Å². The molecule has 1 amide bonds. The highest BCUT2D eigenvalue weighted by molar-refractivity contribution is 8.01. The number of quaternary nitrogens is 1. The first kappa shape index (κ1) is 16.7. The molecule has 1 aromatic carbocycles. The Balaban J connectivity index is 1.68. The number of carbonyl (C=O) groups is 1. The van der Waals surface area contributed by atoms with Gasteiger partial charge in [-0.2, -0.15) is 0 Å². The van der Waals surface area contributed by atoms with Crippen molar-refractivity contribution in [2.75, 3.05) is 32.8 Å². The summed E-state index contributed by atoms with van der Waals surface area (Å²) in [7, 11) is 0. The van der Waals surface area contributed by atoms with E-state index < -0.39 is 0 Å². The first-order valence-corrected chi connectivity index (χ1v) is 9.65. The molecule has 1 aromatic rings. The third-order valence-electron chi connectivity index (χ3n) is 4.74. The Morgan fingerprint density at radius 1 is 1.26 bits per heavy atom. The first-order chi connectivity index (χ1) is 11.2. The Morgan fingerprint density at radius 2 is 1.96 bits per heavy atom. The highest BCUT2D eigenvalue weighted by atomic mass is 32.2. The molecule has 2 aliphatic heterocycles. The van der Waals surface area contributed by atoms with Crippen LogP contribution in [0.4, 0.5) is 0 Å². The smallest absolute Gasteiger partial charge is 0.236 e. The molecule has 2 heterocycles. The summed E-state index contributed by atoms with van der Waals surface area (Å²) in [4.78, 5) is 16.3. The Morgan fingerprint density at radius 3 is 2.61 bits per heavy atom. The number of carbonyl (C=O) groups excluding carboxylic acids is 1. The number of thioether (sulfide) groups is 1. The number of hydrogen-bond acceptors (Lipinski definition) is 3. The summed E-state index contributed by atoms with van der Waals surface area (Å²) >= 11 is 1.76. The van der Waals surface area contributed by atoms with Crippen molar-refractivity contribution in [3.05, 3.63) is 29.8 Å². The van der Waals surface area contributed by atoms with Gasteiger partial charge in [0, 0.05) is 12.8 Å². The van der Waals surface area contributed by atoms with E-state index in [1.54, 1.807) is 16.7 Å². The van der Waals surface area contributed by atoms with E-state index in [1.807, 2.05) is 26.0 Å². The van der Waals surface area contributed by atoms with Crippen molar-refractivity contribution in [1.82, 2.24) is 4.90 Å². The van der Waals surface area contributed by atoms with Crippen molar-refractivity contribution in [3.63, 3.8) is 0 Å². The molecule has 2 atom stereocenters. The zero-order valence-electron chi connectivity index (χ0n) is 14.1. The number of amides is 1. The average molecular weight is 335 g/mol. The lowest BCUT2D eigenvalue weighted by molar-refractivity contribution is -0.886. The Kier molecular flexibility index (Phi) is 5.49. The molecule has 3 rings (SSSR count). The van der Waals surface area contributed by atoms with Gasteiger partial charge in [-0.15, -0.1) is 11.8 Å². The van der Waals surface area contributed by atoms with E-state index in [2.05, 4.69) is 17.0 Å². The second kappa shape index (κ2) is 7.58. The second-order valence-corrected chi connectivity index (χ2v) is 7.80. The quantitative estimate of drug-likeness (QED) is 0.860. The molecule has 0 radical (unpaired) electrons. The summed E-state index contributed by atoms with van der Waals surface area (Å²) in [5.41, 5.74) is 1.20. The molecule has 0 spiro atoms. The van der Waals surface area contributed by atoms with Crippen molar-refractivity contribution in [1.29, 1.82) is 0 Å². The van der Waals surface area contributed by atoms with Gasteiger partial charge in [0.2, 0.25) is 5.91 Å². The van der Waals surface area contributed by atoms with Crippen molar-refractivity contribution in [2.45, 2.75) is 37.3 Å². The summed E-state index contributed by atoms with van der Waals surface area (Å²) in [6.45, 7) is 9.16. The van der Waals surface area contributed by atoms with Crippen LogP contribution < -0.4 is 9.64 Å². The fourth-order valence-corrected chi connectivity index (χ4v) is 4.77. The zero-order chi connectivity index (χ0) is 16.2. The summed E-state index contributed by atoms with van der Waals surface area (Å²) in [6.07, 6.45) is 2.66. The maximum absolute atomic E-state index is 12.5. The third-order valence-corrected chi connectivity index (χ3v) is 6.13. The van der Waals surface area contributed by atoms with Gasteiger partial charge < -0.3 is 14.5 Å². The largest absolute Gasteiger partial charge is 0.494 e. The number of nitrogens with one attached hydrogen (secondary N) is 1. The predicted octanol–water partition coefficient (Wildman–Crippen LogP) is 1.73. The minimum absolute atomic E-state index is 0.0557. The minimum Gasteiger partial charge on any atom is -0.494 e. The lowest BCUT2D eigenvalue weighted by Gasteiger charge is -2.25. The molecule has 0 unspecified atom stereocenters. The predicted molar refractivity (Wildman–Crippen MR) is 93.9 cm³/mol. The van der Waals surface area contributed by atoms with E-state index in [4.69, 9.17) is 4.74 Å². The van der Waals surface area contributed by atoms with Gasteiger partial charge in [0.05, 0.1) is 38.0 Å². The van der Waals surface area contributed by atoms with Crippen LogP contribution in [0.15, 0.2) is 24.3 Å². The summed E-state index contributed by atoms with van der Waals surface area (Å²) in [5.74, 6) is 1.18. The number of benzene rings is 1. The van der Waals surface area contributed by atoms with Crippen molar-refractivity contribution in [3.8, 4) is 5.75 Å². The monoisotopic (exact) mass is 335 g/mol. The molecule has 4 nitrogen and oxygen atoms in total. The Bertz CT molecular complexity index is 528. The normalized spacial score (nSPS) is 25.3. The molecule has 23 heavy (non-hydrogen) atoms. The average Bonchev–Trinajstić information content (AvgIpc) is 3.16. The van der Waals surface area contributed by atoms with E-state index in [9.17, 15) is 4.79 Å². The van der Waals surface area contributed by atoms with E-state index >= 15 is 0 Å². The second-order valence-electron chi connectivity index (χ2n) is 6.37. The van der Waals surface area contributed by atoms with E-state index in [0.29, 0.717) is 6.61 Å². The SMILES string of the molecule is CCOc1ccc([C@@H]2S[C@H](C)C(=O)N2CC[NH+]2CCCC2)cc1. The third kappa shape index (κ3) is 3.83. The van der Waals surface area contributed by atoms with Gasteiger partial charge in [0.1, 0.15) is 11.1 Å². The van der Waals surface area contributed by atoms with E-state index in [1.165, 1.54) is 31.5 Å². The number of rotatable bonds is 6. The molecule has 0 bridgehead atoms. The van der Waals surface area contributed by atoms with Gasteiger partial charge in [-0.25, -0.2) is 0 Å². The van der Waals surface area contributed by atoms with E-state index in [-0.39, 0.29) is 16.5 Å². The van der Waals surface area contributed by atoms with Gasteiger partial charge in [-0.05, 0) is 31.5 Å². The molecule has 2 fully saturated rings. The number of ether oxygens (including phenoxy) is 1. The summed E-state index contributed by atoms with van der Waals surface area (Å²) < 4.78 is 5.52. The maximum Gasteiger partial charge on any atom is 0.236 e. The fourth-order valence-electron chi connectivity index (χ4n) is 3.46. The lowest BCUT2D eigenvalue weighted by atomic mass is 10.2. The molecule has 126 valence electrons. The van der Waals surface area contributed by atoms with Crippen LogP contribution in [-0.2, 0) is 4.79 Å². The van der Waals surface area contributed by atoms with Gasteiger partial charge in [-0.3, -0.25) is 4.79 Å². The molecule has 0 aromatic heterocycles. The molecular formula is C18H27N2O2S+. The van der Waals surface area contributed by atoms with Gasteiger partial charge in [0.25, 0.3) is 0 Å². The topological polar surface area (TPSA) is 34.0 Å². The van der Waals surface area contributed by atoms with Crippen LogP contribution in [0, 0.1) is 0 Å². The zero-order valence-corrected chi connectivity index (χ0v) is 14.9. The van der Waals surface area contributed by atoms with Crippen molar-refractivity contribution < 1.29 is 14.4 Å². The first-order valence-electron chi connectivity index (χ1n) is 8.71. The van der Waals surface area contributed by atoms with Gasteiger partial charge in [0.15, 0.2) is 0 Å². The van der Waals surface area contributed by atoms with Crippen LogP contribution in [0.5, 0.6) is 5.75 Å². The maximum atomic E-state index is 12.5.